The summed E-state index contributed by atoms with van der Waals surface area (Å²) in [6.07, 6.45) is 1.68. The van der Waals surface area contributed by atoms with Gasteiger partial charge in [0.05, 0.1) is 0 Å². The third kappa shape index (κ3) is 4.81. The van der Waals surface area contributed by atoms with Gasteiger partial charge in [0.1, 0.15) is 12.4 Å². The summed E-state index contributed by atoms with van der Waals surface area (Å²) in [6.45, 7) is -2.68. The number of Topliss-reactive ketones (excluding diaryl/α,β-unsaturated/α-hetero) is 2. The van der Waals surface area contributed by atoms with E-state index in [4.69, 9.17) is 4.74 Å². The van der Waals surface area contributed by atoms with Gasteiger partial charge in [-0.15, -0.1) is 0 Å². The molecule has 2 aromatic carbocycles. The Morgan fingerprint density at radius 1 is 1.11 bits per heavy atom. The number of hydrogen-bond acceptors (Lipinski definition) is 4. The molecule has 0 aliphatic heterocycles. The van der Waals surface area contributed by atoms with Crippen LogP contribution in [0.25, 0.3) is 0 Å². The van der Waals surface area contributed by atoms with Crippen molar-refractivity contribution in [2.24, 2.45) is 0 Å². The average Bonchev–Trinajstić information content (AvgIpc) is 3.52. The third-order valence-corrected chi connectivity index (χ3v) is 4.29. The lowest BCUT2D eigenvalue weighted by Gasteiger charge is -2.11. The number of benzene rings is 2. The Hall–Kier alpha value is -3.04. The lowest BCUT2D eigenvalue weighted by molar-refractivity contribution is -0.0504. The Balaban J connectivity index is 1.84. The van der Waals surface area contributed by atoms with E-state index in [1.165, 1.54) is 31.4 Å². The van der Waals surface area contributed by atoms with Crippen molar-refractivity contribution < 1.29 is 27.8 Å². The first-order valence-corrected chi connectivity index (χ1v) is 8.75. The van der Waals surface area contributed by atoms with Crippen LogP contribution >= 0.6 is 0 Å². The zero-order chi connectivity index (χ0) is 20.1. The summed E-state index contributed by atoms with van der Waals surface area (Å²) in [4.78, 5) is 25.3. The molecule has 0 atom stereocenters. The predicted octanol–water partition coefficient (Wildman–Crippen LogP) is 4.23. The number of alkyl halides is 2. The molecule has 4 nitrogen and oxygen atoms in total. The van der Waals surface area contributed by atoms with Crippen LogP contribution in [0.15, 0.2) is 42.5 Å². The molecule has 0 bridgehead atoms. The summed E-state index contributed by atoms with van der Waals surface area (Å²) in [6, 6.07) is 10.6. The molecule has 28 heavy (non-hydrogen) atoms. The number of methoxy groups -OCH3 is 1. The molecule has 0 spiro atoms. The highest BCUT2D eigenvalue weighted by Crippen LogP contribution is 2.45. The molecular weight excluding hydrogens is 366 g/mol. The standard InChI is InChI=1S/C22H18F2O4/c1-27-11-3-5-14-4-2-6-16(12-14)20(25)21(26)17-9-10-19(28-22(23)24)18(13-17)15-7-8-15/h2,4,6,9-10,12-13,15,22H,7-8,11H2,1H3. The topological polar surface area (TPSA) is 52.6 Å². The van der Waals surface area contributed by atoms with Gasteiger partial charge in [-0.2, -0.15) is 8.78 Å². The van der Waals surface area contributed by atoms with Gasteiger partial charge in [0.2, 0.25) is 11.6 Å². The number of ketones is 2. The van der Waals surface area contributed by atoms with E-state index in [2.05, 4.69) is 16.6 Å². The van der Waals surface area contributed by atoms with Gasteiger partial charge >= 0.3 is 6.61 Å². The van der Waals surface area contributed by atoms with Crippen LogP contribution in [0.5, 0.6) is 5.75 Å². The Morgan fingerprint density at radius 2 is 1.82 bits per heavy atom. The van der Waals surface area contributed by atoms with Crippen LogP contribution in [0, 0.1) is 11.8 Å². The lowest BCUT2D eigenvalue weighted by Crippen LogP contribution is -2.15. The number of halogens is 2. The first-order chi connectivity index (χ1) is 13.5. The molecule has 3 rings (SSSR count). The van der Waals surface area contributed by atoms with E-state index in [0.29, 0.717) is 11.1 Å². The highest BCUT2D eigenvalue weighted by molar-refractivity contribution is 6.49. The normalized spacial score (nSPS) is 13.0. The summed E-state index contributed by atoms with van der Waals surface area (Å²) < 4.78 is 34.5. The molecule has 0 unspecified atom stereocenters. The molecule has 0 radical (unpaired) electrons. The zero-order valence-electron chi connectivity index (χ0n) is 15.2. The van der Waals surface area contributed by atoms with Crippen molar-refractivity contribution in [2.75, 3.05) is 13.7 Å². The van der Waals surface area contributed by atoms with E-state index in [-0.39, 0.29) is 29.4 Å². The Kier molecular flexibility index (Phi) is 6.17. The second-order valence-corrected chi connectivity index (χ2v) is 6.38. The predicted molar refractivity (Wildman–Crippen MR) is 98.9 cm³/mol. The van der Waals surface area contributed by atoms with E-state index in [9.17, 15) is 18.4 Å². The van der Waals surface area contributed by atoms with E-state index in [0.717, 1.165) is 12.8 Å². The molecule has 0 N–H and O–H groups in total. The summed E-state index contributed by atoms with van der Waals surface area (Å²) in [5, 5.41) is 0. The van der Waals surface area contributed by atoms with Crippen LogP contribution < -0.4 is 4.74 Å². The van der Waals surface area contributed by atoms with Gasteiger partial charge < -0.3 is 9.47 Å². The van der Waals surface area contributed by atoms with Gasteiger partial charge in [0, 0.05) is 23.8 Å². The largest absolute Gasteiger partial charge is 0.435 e. The molecule has 2 aromatic rings. The molecule has 6 heteroatoms. The number of rotatable bonds is 7. The molecule has 1 saturated carbocycles. The second kappa shape index (κ2) is 8.77. The third-order valence-electron chi connectivity index (χ3n) is 4.29. The summed E-state index contributed by atoms with van der Waals surface area (Å²) in [5.41, 5.74) is 1.51. The van der Waals surface area contributed by atoms with Crippen molar-refractivity contribution in [3.8, 4) is 17.6 Å². The SMILES string of the molecule is COCC#Cc1cccc(C(=O)C(=O)c2ccc(OC(F)F)c(C3CC3)c2)c1. The van der Waals surface area contributed by atoms with Crippen LogP contribution in [0.2, 0.25) is 0 Å². The highest BCUT2D eigenvalue weighted by atomic mass is 19.3. The molecule has 1 fully saturated rings. The van der Waals surface area contributed by atoms with E-state index in [1.807, 2.05) is 0 Å². The van der Waals surface area contributed by atoms with Crippen LogP contribution in [0.4, 0.5) is 8.78 Å². The van der Waals surface area contributed by atoms with Crippen molar-refractivity contribution in [2.45, 2.75) is 25.4 Å². The fourth-order valence-corrected chi connectivity index (χ4v) is 2.82. The monoisotopic (exact) mass is 384 g/mol. The van der Waals surface area contributed by atoms with Crippen LogP contribution in [0.1, 0.15) is 50.6 Å². The molecule has 144 valence electrons. The van der Waals surface area contributed by atoms with Crippen molar-refractivity contribution >= 4 is 11.6 Å². The van der Waals surface area contributed by atoms with E-state index in [1.54, 1.807) is 18.2 Å². The number of hydrogen-bond donors (Lipinski definition) is 0. The maximum atomic E-state index is 12.7. The average molecular weight is 384 g/mol. The Bertz CT molecular complexity index is 952. The van der Waals surface area contributed by atoms with Crippen molar-refractivity contribution in [3.63, 3.8) is 0 Å². The quantitative estimate of drug-likeness (QED) is 0.407. The fraction of sp³-hybridized carbons (Fsp3) is 0.273. The maximum Gasteiger partial charge on any atom is 0.387 e. The smallest absolute Gasteiger partial charge is 0.387 e. The number of ether oxygens (including phenoxy) is 2. The van der Waals surface area contributed by atoms with Gasteiger partial charge in [-0.1, -0.05) is 24.0 Å². The van der Waals surface area contributed by atoms with Gasteiger partial charge in [-0.05, 0) is 54.7 Å². The minimum absolute atomic E-state index is 0.0527. The molecular formula is C22H18F2O4. The van der Waals surface area contributed by atoms with E-state index < -0.39 is 18.2 Å². The van der Waals surface area contributed by atoms with Crippen molar-refractivity contribution in [1.29, 1.82) is 0 Å². The fourth-order valence-electron chi connectivity index (χ4n) is 2.82. The minimum atomic E-state index is -2.94. The number of carbonyl (C=O) groups excluding carboxylic acids is 2. The highest BCUT2D eigenvalue weighted by Gasteiger charge is 2.29. The van der Waals surface area contributed by atoms with Gasteiger partial charge in [0.15, 0.2) is 0 Å². The summed E-state index contributed by atoms with van der Waals surface area (Å²) >= 11 is 0. The minimum Gasteiger partial charge on any atom is -0.435 e. The molecule has 0 saturated heterocycles. The number of carbonyl (C=O) groups is 2. The van der Waals surface area contributed by atoms with Gasteiger partial charge in [-0.3, -0.25) is 9.59 Å². The summed E-state index contributed by atoms with van der Waals surface area (Å²) in [7, 11) is 1.53. The second-order valence-electron chi connectivity index (χ2n) is 6.38. The zero-order valence-corrected chi connectivity index (χ0v) is 15.2. The van der Waals surface area contributed by atoms with Crippen LogP contribution in [0.3, 0.4) is 0 Å². The lowest BCUT2D eigenvalue weighted by atomic mass is 9.97. The van der Waals surface area contributed by atoms with Crippen molar-refractivity contribution in [1.82, 2.24) is 0 Å². The molecule has 0 amide bonds. The van der Waals surface area contributed by atoms with Gasteiger partial charge in [-0.25, -0.2) is 0 Å². The van der Waals surface area contributed by atoms with E-state index >= 15 is 0 Å². The van der Waals surface area contributed by atoms with Gasteiger partial charge in [0.25, 0.3) is 0 Å². The molecule has 0 heterocycles. The van der Waals surface area contributed by atoms with Crippen LogP contribution in [-0.2, 0) is 4.74 Å². The van der Waals surface area contributed by atoms with Crippen molar-refractivity contribution in [3.05, 3.63) is 64.7 Å². The molecule has 1 aliphatic rings. The molecule has 1 aliphatic carbocycles. The molecule has 0 aromatic heterocycles. The van der Waals surface area contributed by atoms with Crippen LogP contribution in [-0.4, -0.2) is 31.9 Å². The Labute approximate surface area is 161 Å². The first kappa shape index (κ1) is 19.7. The summed E-state index contributed by atoms with van der Waals surface area (Å²) in [5.74, 6) is 4.38. The maximum absolute atomic E-state index is 12.7. The first-order valence-electron chi connectivity index (χ1n) is 8.75. The Morgan fingerprint density at radius 3 is 2.46 bits per heavy atom.